The van der Waals surface area contributed by atoms with Crippen LogP contribution in [0.1, 0.15) is 24.0 Å². The number of morpholine rings is 1. The van der Waals surface area contributed by atoms with Crippen molar-refractivity contribution in [2.45, 2.75) is 19.3 Å². The van der Waals surface area contributed by atoms with Crippen molar-refractivity contribution in [1.29, 1.82) is 5.26 Å². The Kier molecular flexibility index (Phi) is 5.36. The van der Waals surface area contributed by atoms with Crippen molar-refractivity contribution < 1.29 is 14.3 Å². The maximum Gasteiger partial charge on any atom is 0.164 e. The van der Waals surface area contributed by atoms with Crippen LogP contribution in [0.25, 0.3) is 0 Å². The summed E-state index contributed by atoms with van der Waals surface area (Å²) in [5.41, 5.74) is 1.94. The number of hydrogen-bond acceptors (Lipinski definition) is 6. The molecule has 6 nitrogen and oxygen atoms in total. The maximum atomic E-state index is 12.3. The van der Waals surface area contributed by atoms with Crippen molar-refractivity contribution in [3.8, 4) is 6.07 Å². The zero-order valence-corrected chi connectivity index (χ0v) is 13.9. The van der Waals surface area contributed by atoms with Gasteiger partial charge >= 0.3 is 0 Å². The summed E-state index contributed by atoms with van der Waals surface area (Å²) in [4.78, 5) is 30.9. The molecule has 0 aliphatic carbocycles. The van der Waals surface area contributed by atoms with E-state index in [2.05, 4.69) is 11.1 Å². The Labute approximate surface area is 146 Å². The summed E-state index contributed by atoms with van der Waals surface area (Å²) in [6.45, 7) is 2.63. The minimum Gasteiger partial charge on any atom is -0.378 e. The van der Waals surface area contributed by atoms with Gasteiger partial charge in [0.2, 0.25) is 0 Å². The largest absolute Gasteiger partial charge is 0.378 e. The van der Waals surface area contributed by atoms with Crippen molar-refractivity contribution in [1.82, 2.24) is 4.90 Å². The molecule has 1 saturated heterocycles. The van der Waals surface area contributed by atoms with Gasteiger partial charge in [0.1, 0.15) is 11.6 Å². The fraction of sp³-hybridized carbons (Fsp3) is 0.368. The van der Waals surface area contributed by atoms with Gasteiger partial charge in [-0.1, -0.05) is 12.1 Å². The van der Waals surface area contributed by atoms with Crippen molar-refractivity contribution in [2.24, 2.45) is 4.99 Å². The highest BCUT2D eigenvalue weighted by Gasteiger charge is 2.21. The number of aliphatic imine (C=N–C) groups is 1. The first-order chi connectivity index (χ1) is 12.1. The molecular weight excluding hydrogens is 318 g/mol. The van der Waals surface area contributed by atoms with Gasteiger partial charge in [0.05, 0.1) is 24.8 Å². The van der Waals surface area contributed by atoms with Gasteiger partial charge in [0, 0.05) is 44.1 Å². The number of Topliss-reactive ketones (excluding diaryl/α,β-unsaturated/α-hetero) is 1. The summed E-state index contributed by atoms with van der Waals surface area (Å²) in [6.07, 6.45) is 2.14. The van der Waals surface area contributed by atoms with E-state index in [1.807, 2.05) is 11.0 Å². The quantitative estimate of drug-likeness (QED) is 0.816. The minimum absolute atomic E-state index is 0.00938. The molecule has 1 aromatic carbocycles. The second kappa shape index (κ2) is 7.86. The second-order valence-electron chi connectivity index (χ2n) is 6.13. The van der Waals surface area contributed by atoms with Gasteiger partial charge < -0.3 is 9.64 Å². The Hall–Kier alpha value is -2.78. The van der Waals surface area contributed by atoms with Gasteiger partial charge in [-0.25, -0.2) is 4.99 Å². The van der Waals surface area contributed by atoms with E-state index in [-0.39, 0.29) is 30.8 Å². The van der Waals surface area contributed by atoms with E-state index in [0.717, 1.165) is 5.56 Å². The number of nitriles is 1. The van der Waals surface area contributed by atoms with Crippen molar-refractivity contribution >= 4 is 17.3 Å². The number of ketones is 2. The summed E-state index contributed by atoms with van der Waals surface area (Å²) in [5.74, 6) is 0.601. The molecule has 128 valence electrons. The van der Waals surface area contributed by atoms with E-state index in [1.165, 1.54) is 0 Å². The number of rotatable bonds is 5. The van der Waals surface area contributed by atoms with Crippen LogP contribution in [0.3, 0.4) is 0 Å². The van der Waals surface area contributed by atoms with Gasteiger partial charge in [-0.05, 0) is 17.7 Å². The first-order valence-electron chi connectivity index (χ1n) is 8.28. The molecule has 0 spiro atoms. The lowest BCUT2D eigenvalue weighted by atomic mass is 10.00. The van der Waals surface area contributed by atoms with E-state index in [1.54, 1.807) is 24.3 Å². The Balaban J connectivity index is 1.65. The van der Waals surface area contributed by atoms with Gasteiger partial charge in [-0.15, -0.1) is 0 Å². The molecule has 25 heavy (non-hydrogen) atoms. The zero-order valence-electron chi connectivity index (χ0n) is 13.9. The number of nitrogens with zero attached hydrogens (tertiary/aromatic N) is 3. The number of carbonyl (C=O) groups excluding carboxylic acids is 2. The fourth-order valence-corrected chi connectivity index (χ4v) is 2.96. The minimum atomic E-state index is -0.0224. The standard InChI is InChI=1S/C19H19N3O3/c20-13-15-3-1-2-14(8-15)9-17(23)10-16-11-18(24)12-19(21-16)22-4-6-25-7-5-22/h1-3,8,12H,4-7,9-11H2. The SMILES string of the molecule is N#Cc1cccc(CC(=O)CC2=NC(N3CCOCC3)=CC(=O)C2)c1. The van der Waals surface area contributed by atoms with Crippen LogP contribution in [0.4, 0.5) is 0 Å². The number of allylic oxidation sites excluding steroid dienone is 1. The summed E-state index contributed by atoms with van der Waals surface area (Å²) in [6, 6.07) is 9.08. The predicted molar refractivity (Wildman–Crippen MR) is 92.0 cm³/mol. The topological polar surface area (TPSA) is 82.8 Å². The molecule has 0 saturated carbocycles. The highest BCUT2D eigenvalue weighted by molar-refractivity contribution is 6.14. The average molecular weight is 337 g/mol. The van der Waals surface area contributed by atoms with Gasteiger partial charge in [0.15, 0.2) is 5.78 Å². The van der Waals surface area contributed by atoms with Crippen LogP contribution < -0.4 is 0 Å². The van der Waals surface area contributed by atoms with Crippen LogP contribution >= 0.6 is 0 Å². The molecule has 0 atom stereocenters. The van der Waals surface area contributed by atoms with E-state index in [4.69, 9.17) is 10.00 Å². The summed E-state index contributed by atoms with van der Waals surface area (Å²) < 4.78 is 5.31. The molecule has 2 heterocycles. The lowest BCUT2D eigenvalue weighted by Gasteiger charge is -2.30. The molecule has 6 heteroatoms. The average Bonchev–Trinajstić information content (AvgIpc) is 2.62. The van der Waals surface area contributed by atoms with Gasteiger partial charge in [-0.3, -0.25) is 9.59 Å². The first kappa shape index (κ1) is 17.1. The van der Waals surface area contributed by atoms with E-state index < -0.39 is 0 Å². The number of benzene rings is 1. The Morgan fingerprint density at radius 1 is 1.28 bits per heavy atom. The summed E-state index contributed by atoms with van der Waals surface area (Å²) in [7, 11) is 0. The zero-order chi connectivity index (χ0) is 17.6. The molecule has 2 aliphatic heterocycles. The molecule has 3 rings (SSSR count). The van der Waals surface area contributed by atoms with Crippen LogP contribution in [0.2, 0.25) is 0 Å². The molecule has 0 bridgehead atoms. The van der Waals surface area contributed by atoms with Gasteiger partial charge in [-0.2, -0.15) is 5.26 Å². The van der Waals surface area contributed by atoms with Crippen LogP contribution in [-0.2, 0) is 20.7 Å². The third kappa shape index (κ3) is 4.61. The first-order valence-corrected chi connectivity index (χ1v) is 8.28. The molecule has 0 radical (unpaired) electrons. The third-order valence-corrected chi connectivity index (χ3v) is 4.13. The summed E-state index contributed by atoms with van der Waals surface area (Å²) in [5, 5.41) is 8.93. The van der Waals surface area contributed by atoms with Crippen molar-refractivity contribution in [3.63, 3.8) is 0 Å². The van der Waals surface area contributed by atoms with Gasteiger partial charge in [0.25, 0.3) is 0 Å². The molecule has 1 fully saturated rings. The lowest BCUT2D eigenvalue weighted by molar-refractivity contribution is -0.117. The Morgan fingerprint density at radius 3 is 2.84 bits per heavy atom. The Bertz CT molecular complexity index is 783. The molecule has 0 amide bonds. The highest BCUT2D eigenvalue weighted by Crippen LogP contribution is 2.17. The van der Waals surface area contributed by atoms with Crippen molar-refractivity contribution in [3.05, 3.63) is 47.3 Å². The smallest absolute Gasteiger partial charge is 0.164 e. The third-order valence-electron chi connectivity index (χ3n) is 4.13. The predicted octanol–water partition coefficient (Wildman–Crippen LogP) is 1.65. The molecule has 1 aromatic rings. The molecule has 2 aliphatic rings. The van der Waals surface area contributed by atoms with Crippen LogP contribution in [0.5, 0.6) is 0 Å². The van der Waals surface area contributed by atoms with Crippen LogP contribution in [-0.4, -0.2) is 48.5 Å². The Morgan fingerprint density at radius 2 is 2.08 bits per heavy atom. The molecule has 0 aromatic heterocycles. The number of carbonyl (C=O) groups is 2. The number of ether oxygens (including phenoxy) is 1. The molecular formula is C19H19N3O3. The molecule has 0 unspecified atom stereocenters. The van der Waals surface area contributed by atoms with E-state index >= 15 is 0 Å². The highest BCUT2D eigenvalue weighted by atomic mass is 16.5. The monoisotopic (exact) mass is 337 g/mol. The number of hydrogen-bond donors (Lipinski definition) is 0. The van der Waals surface area contributed by atoms with E-state index in [9.17, 15) is 9.59 Å². The second-order valence-corrected chi connectivity index (χ2v) is 6.13. The van der Waals surface area contributed by atoms with Crippen LogP contribution in [0.15, 0.2) is 41.2 Å². The lowest BCUT2D eigenvalue weighted by Crippen LogP contribution is -2.36. The van der Waals surface area contributed by atoms with E-state index in [0.29, 0.717) is 43.4 Å². The summed E-state index contributed by atoms with van der Waals surface area (Å²) >= 11 is 0. The maximum absolute atomic E-state index is 12.3. The van der Waals surface area contributed by atoms with Crippen molar-refractivity contribution in [2.75, 3.05) is 26.3 Å². The molecule has 0 N–H and O–H groups in total. The van der Waals surface area contributed by atoms with Crippen LogP contribution in [0, 0.1) is 11.3 Å². The normalized spacial score (nSPS) is 17.6. The fourth-order valence-electron chi connectivity index (χ4n) is 2.96.